The zero-order valence-corrected chi connectivity index (χ0v) is 16.9. The van der Waals surface area contributed by atoms with E-state index in [1.54, 1.807) is 18.2 Å². The summed E-state index contributed by atoms with van der Waals surface area (Å²) in [6.07, 6.45) is 0.630. The molecule has 0 aromatic heterocycles. The lowest BCUT2D eigenvalue weighted by atomic mass is 10.1. The first kappa shape index (κ1) is 22.3. The number of anilines is 1. The summed E-state index contributed by atoms with van der Waals surface area (Å²) >= 11 is 0. The van der Waals surface area contributed by atoms with Gasteiger partial charge in [-0.3, -0.25) is 9.59 Å². The monoisotopic (exact) mass is 418 g/mol. The van der Waals surface area contributed by atoms with Crippen LogP contribution in [0.25, 0.3) is 0 Å². The molecule has 0 aliphatic carbocycles. The molecule has 0 fully saturated rings. The van der Waals surface area contributed by atoms with Gasteiger partial charge in [0.05, 0.1) is 10.5 Å². The number of ketones is 1. The maximum Gasteiger partial charge on any atom is 0.338 e. The molecule has 0 radical (unpaired) electrons. The molecule has 2 aromatic carbocycles. The van der Waals surface area contributed by atoms with E-state index in [0.717, 1.165) is 0 Å². The highest BCUT2D eigenvalue weighted by Gasteiger charge is 2.17. The van der Waals surface area contributed by atoms with E-state index in [1.807, 2.05) is 6.92 Å². The molecule has 2 rings (SSSR count). The second kappa shape index (κ2) is 9.94. The number of carbonyl (C=O) groups excluding carboxylic acids is 3. The molecule has 1 amide bonds. The first-order valence-electron chi connectivity index (χ1n) is 8.90. The Morgan fingerprint density at radius 2 is 1.69 bits per heavy atom. The maximum atomic E-state index is 12.2. The lowest BCUT2D eigenvalue weighted by Gasteiger charge is -2.09. The molecule has 2 aromatic rings. The Morgan fingerprint density at radius 1 is 1.00 bits per heavy atom. The van der Waals surface area contributed by atoms with Crippen molar-refractivity contribution in [2.75, 3.05) is 18.5 Å². The summed E-state index contributed by atoms with van der Waals surface area (Å²) in [6.45, 7) is 2.96. The van der Waals surface area contributed by atoms with E-state index in [0.29, 0.717) is 17.7 Å². The van der Waals surface area contributed by atoms with E-state index in [9.17, 15) is 22.8 Å². The van der Waals surface area contributed by atoms with Crippen LogP contribution in [0.5, 0.6) is 0 Å². The van der Waals surface area contributed by atoms with Crippen LogP contribution in [0, 0.1) is 0 Å². The average molecular weight is 418 g/mol. The van der Waals surface area contributed by atoms with Crippen LogP contribution in [0.1, 0.15) is 41.0 Å². The number of benzene rings is 2. The average Bonchev–Trinajstić information content (AvgIpc) is 2.70. The van der Waals surface area contributed by atoms with Crippen LogP contribution in [0.4, 0.5) is 5.69 Å². The van der Waals surface area contributed by atoms with E-state index < -0.39 is 28.5 Å². The van der Waals surface area contributed by atoms with Crippen molar-refractivity contribution in [2.24, 2.45) is 0 Å². The van der Waals surface area contributed by atoms with Gasteiger partial charge >= 0.3 is 5.97 Å². The molecule has 0 heterocycles. The lowest BCUT2D eigenvalue weighted by Crippen LogP contribution is -2.25. The minimum Gasteiger partial charge on any atom is -0.452 e. The zero-order chi connectivity index (χ0) is 21.4. The van der Waals surface area contributed by atoms with Crippen LogP contribution in [-0.4, -0.2) is 39.2 Å². The summed E-state index contributed by atoms with van der Waals surface area (Å²) in [5.74, 6) is -1.56. The molecule has 9 heteroatoms. The Bertz CT molecular complexity index is 1020. The van der Waals surface area contributed by atoms with Gasteiger partial charge in [-0.1, -0.05) is 25.1 Å². The number of hydrogen-bond donors (Lipinski definition) is 2. The number of rotatable bonds is 9. The summed E-state index contributed by atoms with van der Waals surface area (Å²) in [6, 6.07) is 11.7. The third kappa shape index (κ3) is 6.51. The molecule has 0 saturated carbocycles. The predicted octanol–water partition coefficient (Wildman–Crippen LogP) is 2.37. The van der Waals surface area contributed by atoms with Gasteiger partial charge in [0.1, 0.15) is 0 Å². The fourth-order valence-corrected chi connectivity index (χ4v) is 3.52. The van der Waals surface area contributed by atoms with Gasteiger partial charge in [0.25, 0.3) is 5.91 Å². The van der Waals surface area contributed by atoms with Gasteiger partial charge in [-0.25, -0.2) is 17.9 Å². The molecule has 2 N–H and O–H groups in total. The standard InChI is InChI=1S/C20H22N2O6S/c1-3-10-21-29(26,27)18-9-5-7-16(12-18)20(25)28-13-19(24)22-17-8-4-6-15(11-17)14(2)23/h4-9,11-12,21H,3,10,13H2,1-2H3,(H,22,24). The van der Waals surface area contributed by atoms with E-state index in [2.05, 4.69) is 10.0 Å². The summed E-state index contributed by atoms with van der Waals surface area (Å²) in [7, 11) is -3.73. The van der Waals surface area contributed by atoms with Crippen molar-refractivity contribution in [3.05, 3.63) is 59.7 Å². The molecule has 154 valence electrons. The van der Waals surface area contributed by atoms with Crippen molar-refractivity contribution in [1.29, 1.82) is 0 Å². The SMILES string of the molecule is CCCNS(=O)(=O)c1cccc(C(=O)OCC(=O)Nc2cccc(C(C)=O)c2)c1. The third-order valence-corrected chi connectivity index (χ3v) is 5.27. The molecule has 0 bridgehead atoms. The second-order valence-corrected chi connectivity index (χ2v) is 7.95. The van der Waals surface area contributed by atoms with Gasteiger partial charge in [-0.05, 0) is 43.7 Å². The summed E-state index contributed by atoms with van der Waals surface area (Å²) in [4.78, 5) is 35.5. The predicted molar refractivity (Wildman–Crippen MR) is 107 cm³/mol. The number of amides is 1. The van der Waals surface area contributed by atoms with E-state index in [4.69, 9.17) is 4.74 Å². The van der Waals surface area contributed by atoms with Crippen LogP contribution in [0.3, 0.4) is 0 Å². The van der Waals surface area contributed by atoms with E-state index >= 15 is 0 Å². The third-order valence-electron chi connectivity index (χ3n) is 3.81. The van der Waals surface area contributed by atoms with Crippen molar-refractivity contribution in [2.45, 2.75) is 25.2 Å². The van der Waals surface area contributed by atoms with Gasteiger partial charge in [0.2, 0.25) is 10.0 Å². The van der Waals surface area contributed by atoms with Crippen molar-refractivity contribution in [3.63, 3.8) is 0 Å². The van der Waals surface area contributed by atoms with E-state index in [-0.39, 0.29) is 22.8 Å². The molecular formula is C20H22N2O6S. The van der Waals surface area contributed by atoms with Crippen LogP contribution >= 0.6 is 0 Å². The van der Waals surface area contributed by atoms with Crippen LogP contribution in [0.15, 0.2) is 53.4 Å². The number of ether oxygens (including phenoxy) is 1. The van der Waals surface area contributed by atoms with Crippen LogP contribution < -0.4 is 10.0 Å². The minimum atomic E-state index is -3.73. The first-order valence-corrected chi connectivity index (χ1v) is 10.4. The van der Waals surface area contributed by atoms with Gasteiger partial charge in [-0.15, -0.1) is 0 Å². The summed E-state index contributed by atoms with van der Waals surface area (Å²) in [5.41, 5.74) is 0.846. The van der Waals surface area contributed by atoms with Gasteiger partial charge < -0.3 is 10.1 Å². The van der Waals surface area contributed by atoms with Gasteiger partial charge in [0.15, 0.2) is 12.4 Å². The fraction of sp³-hybridized carbons (Fsp3) is 0.250. The number of esters is 1. The summed E-state index contributed by atoms with van der Waals surface area (Å²) < 4.78 is 31.7. The Morgan fingerprint density at radius 3 is 2.38 bits per heavy atom. The topological polar surface area (TPSA) is 119 Å². The van der Waals surface area contributed by atoms with Gasteiger partial charge in [0, 0.05) is 17.8 Å². The number of carbonyl (C=O) groups is 3. The molecule has 8 nitrogen and oxygen atoms in total. The number of Topliss-reactive ketones (excluding diaryl/α,β-unsaturated/α-hetero) is 1. The molecule has 29 heavy (non-hydrogen) atoms. The molecule has 0 aliphatic heterocycles. The highest BCUT2D eigenvalue weighted by molar-refractivity contribution is 7.89. The van der Waals surface area contributed by atoms with Crippen LogP contribution in [0.2, 0.25) is 0 Å². The number of hydrogen-bond acceptors (Lipinski definition) is 6. The molecular weight excluding hydrogens is 396 g/mol. The van der Waals surface area contributed by atoms with Gasteiger partial charge in [-0.2, -0.15) is 0 Å². The first-order chi connectivity index (χ1) is 13.7. The maximum absolute atomic E-state index is 12.2. The van der Waals surface area contributed by atoms with Crippen molar-refractivity contribution in [1.82, 2.24) is 4.72 Å². The molecule has 0 aliphatic rings. The highest BCUT2D eigenvalue weighted by atomic mass is 32.2. The number of sulfonamides is 1. The fourth-order valence-electron chi connectivity index (χ4n) is 2.34. The Hall–Kier alpha value is -3.04. The van der Waals surface area contributed by atoms with Crippen molar-refractivity contribution >= 4 is 33.4 Å². The summed E-state index contributed by atoms with van der Waals surface area (Å²) in [5, 5.41) is 2.53. The van der Waals surface area contributed by atoms with Crippen molar-refractivity contribution < 1.29 is 27.5 Å². The van der Waals surface area contributed by atoms with Crippen molar-refractivity contribution in [3.8, 4) is 0 Å². The quantitative estimate of drug-likeness (QED) is 0.477. The second-order valence-electron chi connectivity index (χ2n) is 6.19. The smallest absolute Gasteiger partial charge is 0.338 e. The Kier molecular flexibility index (Phi) is 7.63. The minimum absolute atomic E-state index is 0.00995. The molecule has 0 spiro atoms. The highest BCUT2D eigenvalue weighted by Crippen LogP contribution is 2.13. The largest absolute Gasteiger partial charge is 0.452 e. The molecule has 0 atom stereocenters. The lowest BCUT2D eigenvalue weighted by molar-refractivity contribution is -0.119. The zero-order valence-electron chi connectivity index (χ0n) is 16.1. The number of nitrogens with one attached hydrogen (secondary N) is 2. The normalized spacial score (nSPS) is 11.0. The Balaban J connectivity index is 1.98. The molecule has 0 unspecified atom stereocenters. The van der Waals surface area contributed by atoms with E-state index in [1.165, 1.54) is 37.3 Å². The van der Waals surface area contributed by atoms with Crippen LogP contribution in [-0.2, 0) is 19.6 Å². The molecule has 0 saturated heterocycles. The Labute approximate surface area is 169 Å².